The summed E-state index contributed by atoms with van der Waals surface area (Å²) in [7, 11) is 0. The van der Waals surface area contributed by atoms with E-state index in [0.717, 1.165) is 42.6 Å². The molecule has 0 saturated carbocycles. The van der Waals surface area contributed by atoms with Crippen molar-refractivity contribution in [3.63, 3.8) is 0 Å². The third-order valence-corrected chi connectivity index (χ3v) is 6.54. The number of rotatable bonds is 6. The molecule has 5 rings (SSSR count). The molecule has 1 N–H and O–H groups in total. The van der Waals surface area contributed by atoms with Gasteiger partial charge in [0, 0.05) is 30.1 Å². The number of thiophene rings is 1. The van der Waals surface area contributed by atoms with Gasteiger partial charge < -0.3 is 14.5 Å². The highest BCUT2D eigenvalue weighted by atomic mass is 32.1. The average molecular weight is 431 g/mol. The molecule has 156 valence electrons. The Kier molecular flexibility index (Phi) is 5.67. The molecule has 6 nitrogen and oxygen atoms in total. The topological polar surface area (TPSA) is 74.3 Å². The minimum atomic E-state index is 0.182. The minimum absolute atomic E-state index is 0.182. The average Bonchev–Trinajstić information content (AvgIpc) is 3.50. The van der Waals surface area contributed by atoms with Gasteiger partial charge in [0.05, 0.1) is 19.3 Å². The number of morpholine rings is 1. The van der Waals surface area contributed by atoms with Crippen molar-refractivity contribution < 1.29 is 9.15 Å². The molecular formula is C24H22N4O2S. The van der Waals surface area contributed by atoms with Gasteiger partial charge in [-0.25, -0.2) is 0 Å². The van der Waals surface area contributed by atoms with Gasteiger partial charge in [-0.15, -0.1) is 11.3 Å². The van der Waals surface area contributed by atoms with Crippen molar-refractivity contribution in [1.82, 2.24) is 9.88 Å². The van der Waals surface area contributed by atoms with Crippen molar-refractivity contribution in [2.45, 2.75) is 6.04 Å². The van der Waals surface area contributed by atoms with Crippen LogP contribution in [0, 0.1) is 11.3 Å². The van der Waals surface area contributed by atoms with Crippen LogP contribution in [0.5, 0.6) is 0 Å². The lowest BCUT2D eigenvalue weighted by molar-refractivity contribution is 0.0193. The van der Waals surface area contributed by atoms with Crippen LogP contribution in [0.3, 0.4) is 0 Å². The van der Waals surface area contributed by atoms with Crippen molar-refractivity contribution in [1.29, 1.82) is 5.26 Å². The summed E-state index contributed by atoms with van der Waals surface area (Å²) in [4.78, 5) is 8.17. The van der Waals surface area contributed by atoms with Crippen LogP contribution in [0.4, 0.5) is 5.88 Å². The Labute approximate surface area is 184 Å². The van der Waals surface area contributed by atoms with E-state index in [0.29, 0.717) is 18.3 Å². The highest BCUT2D eigenvalue weighted by Gasteiger charge is 2.25. The number of ether oxygens (including phenoxy) is 1. The number of benzene rings is 2. The van der Waals surface area contributed by atoms with Gasteiger partial charge in [-0.1, -0.05) is 42.5 Å². The fourth-order valence-electron chi connectivity index (χ4n) is 4.01. The summed E-state index contributed by atoms with van der Waals surface area (Å²) in [6.45, 7) is 3.86. The van der Waals surface area contributed by atoms with Crippen LogP contribution in [0.2, 0.25) is 0 Å². The quantitative estimate of drug-likeness (QED) is 0.468. The lowest BCUT2D eigenvalue weighted by Gasteiger charge is -2.34. The zero-order chi connectivity index (χ0) is 21.0. The molecular weight excluding hydrogens is 408 g/mol. The van der Waals surface area contributed by atoms with E-state index >= 15 is 0 Å². The van der Waals surface area contributed by atoms with Gasteiger partial charge in [0.15, 0.2) is 0 Å². The maximum atomic E-state index is 9.65. The fourth-order valence-corrected chi connectivity index (χ4v) is 4.87. The van der Waals surface area contributed by atoms with Crippen LogP contribution in [0.1, 0.15) is 16.6 Å². The molecule has 1 aliphatic heterocycles. The molecule has 0 unspecified atom stereocenters. The van der Waals surface area contributed by atoms with Crippen molar-refractivity contribution in [2.75, 3.05) is 38.2 Å². The Balaban J connectivity index is 1.43. The van der Waals surface area contributed by atoms with Crippen LogP contribution in [0.25, 0.3) is 22.2 Å². The lowest BCUT2D eigenvalue weighted by Crippen LogP contribution is -2.41. The van der Waals surface area contributed by atoms with E-state index in [-0.39, 0.29) is 11.7 Å². The molecule has 1 fully saturated rings. The maximum absolute atomic E-state index is 9.65. The second-order valence-electron chi connectivity index (χ2n) is 7.40. The summed E-state index contributed by atoms with van der Waals surface area (Å²) in [5.74, 6) is 0.871. The van der Waals surface area contributed by atoms with Crippen molar-refractivity contribution in [3.8, 4) is 17.5 Å². The molecule has 4 aromatic rings. The molecule has 0 radical (unpaired) electrons. The first kappa shape index (κ1) is 19.8. The van der Waals surface area contributed by atoms with E-state index in [2.05, 4.69) is 50.9 Å². The van der Waals surface area contributed by atoms with E-state index in [1.807, 2.05) is 30.3 Å². The van der Waals surface area contributed by atoms with E-state index in [4.69, 9.17) is 9.15 Å². The standard InChI is InChI=1S/C24H22N4O2S/c25-15-20-24(26-16-21(22-9-4-14-31-22)28-10-12-29-13-11-28)30-23(27-20)19-8-3-6-17-5-1-2-7-18(17)19/h1-9,14,21,26H,10-13,16H2/t21-/m1/s1. The number of anilines is 1. The van der Waals surface area contributed by atoms with Gasteiger partial charge >= 0.3 is 0 Å². The molecule has 0 aliphatic carbocycles. The van der Waals surface area contributed by atoms with Crippen molar-refractivity contribution in [3.05, 3.63) is 70.5 Å². The highest BCUT2D eigenvalue weighted by Crippen LogP contribution is 2.32. The highest BCUT2D eigenvalue weighted by molar-refractivity contribution is 7.10. The summed E-state index contributed by atoms with van der Waals surface area (Å²) in [6, 6.07) is 20.7. The second-order valence-corrected chi connectivity index (χ2v) is 8.37. The van der Waals surface area contributed by atoms with E-state index < -0.39 is 0 Å². The SMILES string of the molecule is N#Cc1nc(-c2cccc3ccccc23)oc1NC[C@H](c1cccs1)N1CCOCC1. The second kappa shape index (κ2) is 8.90. The van der Waals surface area contributed by atoms with Crippen molar-refractivity contribution >= 4 is 28.0 Å². The Morgan fingerprint density at radius 2 is 1.94 bits per heavy atom. The first-order valence-corrected chi connectivity index (χ1v) is 11.2. The van der Waals surface area contributed by atoms with Crippen LogP contribution in [-0.4, -0.2) is 42.7 Å². The number of nitriles is 1. The summed E-state index contributed by atoms with van der Waals surface area (Å²) in [6.07, 6.45) is 0. The number of nitrogens with zero attached hydrogens (tertiary/aromatic N) is 3. The van der Waals surface area contributed by atoms with Gasteiger partial charge in [-0.05, 0) is 28.3 Å². The van der Waals surface area contributed by atoms with Gasteiger partial charge in [-0.2, -0.15) is 10.2 Å². The van der Waals surface area contributed by atoms with Crippen LogP contribution >= 0.6 is 11.3 Å². The molecule has 0 amide bonds. The summed E-state index contributed by atoms with van der Waals surface area (Å²) >= 11 is 1.74. The van der Waals surface area contributed by atoms with Crippen molar-refractivity contribution in [2.24, 2.45) is 0 Å². The normalized spacial score (nSPS) is 15.6. The fraction of sp³-hybridized carbons (Fsp3) is 0.250. The third-order valence-electron chi connectivity index (χ3n) is 5.57. The third kappa shape index (κ3) is 4.06. The first-order chi connectivity index (χ1) is 15.3. The Morgan fingerprint density at radius 3 is 2.74 bits per heavy atom. The number of oxazole rings is 1. The van der Waals surface area contributed by atoms with Gasteiger partial charge in [0.1, 0.15) is 6.07 Å². The number of fused-ring (bicyclic) bond motifs is 1. The Bertz CT molecular complexity index is 1200. The molecule has 7 heteroatoms. The monoisotopic (exact) mass is 430 g/mol. The maximum Gasteiger partial charge on any atom is 0.232 e. The summed E-state index contributed by atoms with van der Waals surface area (Å²) < 4.78 is 11.6. The van der Waals surface area contributed by atoms with E-state index in [1.165, 1.54) is 4.88 Å². The van der Waals surface area contributed by atoms with E-state index in [1.54, 1.807) is 11.3 Å². The number of aromatic nitrogens is 1. The molecule has 0 bridgehead atoms. The number of hydrogen-bond donors (Lipinski definition) is 1. The van der Waals surface area contributed by atoms with Crippen LogP contribution in [0.15, 0.2) is 64.4 Å². The molecule has 1 aliphatic rings. The Hall–Kier alpha value is -3.18. The van der Waals surface area contributed by atoms with Gasteiger partial charge in [-0.3, -0.25) is 4.90 Å². The van der Waals surface area contributed by atoms with Crippen LogP contribution < -0.4 is 5.32 Å². The Morgan fingerprint density at radius 1 is 1.10 bits per heavy atom. The number of hydrogen-bond acceptors (Lipinski definition) is 7. The predicted molar refractivity (Wildman–Crippen MR) is 122 cm³/mol. The summed E-state index contributed by atoms with van der Waals surface area (Å²) in [5, 5.41) is 17.3. The first-order valence-electron chi connectivity index (χ1n) is 10.3. The largest absolute Gasteiger partial charge is 0.419 e. The molecule has 1 saturated heterocycles. The smallest absolute Gasteiger partial charge is 0.232 e. The summed E-state index contributed by atoms with van der Waals surface area (Å²) in [5.41, 5.74) is 1.15. The molecule has 2 aromatic carbocycles. The molecule has 1 atom stereocenters. The zero-order valence-corrected chi connectivity index (χ0v) is 17.8. The molecule has 3 heterocycles. The zero-order valence-electron chi connectivity index (χ0n) is 17.0. The van der Waals surface area contributed by atoms with Gasteiger partial charge in [0.25, 0.3) is 0 Å². The molecule has 0 spiro atoms. The van der Waals surface area contributed by atoms with Gasteiger partial charge in [0.2, 0.25) is 17.5 Å². The number of nitrogens with one attached hydrogen (secondary N) is 1. The molecule has 2 aromatic heterocycles. The minimum Gasteiger partial charge on any atom is -0.419 e. The van der Waals surface area contributed by atoms with Crippen LogP contribution in [-0.2, 0) is 4.74 Å². The lowest BCUT2D eigenvalue weighted by atomic mass is 10.0. The van der Waals surface area contributed by atoms with E-state index in [9.17, 15) is 5.26 Å². The molecule has 31 heavy (non-hydrogen) atoms. The predicted octanol–water partition coefficient (Wildman–Crippen LogP) is 4.91.